The number of carbonyl (C=O) groups is 1. The average Bonchev–Trinajstić information content (AvgIpc) is 2.27. The highest BCUT2D eigenvalue weighted by Crippen LogP contribution is 2.34. The molecule has 1 fully saturated rings. The van der Waals surface area contributed by atoms with Crippen LogP contribution < -0.4 is 5.73 Å². The highest BCUT2D eigenvalue weighted by molar-refractivity contribution is 7.80. The third-order valence-electron chi connectivity index (χ3n) is 4.21. The van der Waals surface area contributed by atoms with E-state index in [1.807, 2.05) is 13.8 Å². The molecule has 0 aromatic heterocycles. The van der Waals surface area contributed by atoms with Crippen molar-refractivity contribution < 1.29 is 9.90 Å². The number of nitrogens with two attached hydrogens (primary N) is 1. The molecule has 1 saturated carbocycles. The second kappa shape index (κ2) is 6.48. The van der Waals surface area contributed by atoms with Crippen molar-refractivity contribution in [1.29, 1.82) is 0 Å². The molecule has 104 valence electrons. The molecular formula is C13H24N2O2S. The van der Waals surface area contributed by atoms with E-state index in [9.17, 15) is 4.79 Å². The number of thiocarbonyl (C=S) groups is 1. The fourth-order valence-corrected chi connectivity index (χ4v) is 2.91. The van der Waals surface area contributed by atoms with E-state index >= 15 is 0 Å². The molecular weight excluding hydrogens is 248 g/mol. The lowest BCUT2D eigenvalue weighted by atomic mass is 9.79. The van der Waals surface area contributed by atoms with E-state index in [4.69, 9.17) is 23.1 Å². The highest BCUT2D eigenvalue weighted by Gasteiger charge is 2.43. The topological polar surface area (TPSA) is 66.6 Å². The van der Waals surface area contributed by atoms with Crippen LogP contribution in [0.2, 0.25) is 0 Å². The van der Waals surface area contributed by atoms with Crippen LogP contribution in [0.3, 0.4) is 0 Å². The Hall–Kier alpha value is -0.680. The number of aliphatic hydroxyl groups is 1. The van der Waals surface area contributed by atoms with Crippen LogP contribution in [0.4, 0.5) is 0 Å². The number of hydrogen-bond donors (Lipinski definition) is 2. The first-order valence-electron chi connectivity index (χ1n) is 6.75. The van der Waals surface area contributed by atoms with Crippen LogP contribution in [0, 0.1) is 5.41 Å². The van der Waals surface area contributed by atoms with Crippen molar-refractivity contribution in [2.75, 3.05) is 13.2 Å². The first-order chi connectivity index (χ1) is 8.53. The molecule has 0 saturated heterocycles. The zero-order chi connectivity index (χ0) is 13.8. The van der Waals surface area contributed by atoms with Gasteiger partial charge in [0.1, 0.15) is 0 Å². The summed E-state index contributed by atoms with van der Waals surface area (Å²) in [6.45, 7) is 4.26. The fourth-order valence-electron chi connectivity index (χ4n) is 2.54. The number of carbonyl (C=O) groups excluding carboxylic acids is 1. The Morgan fingerprint density at radius 1 is 1.44 bits per heavy atom. The maximum absolute atomic E-state index is 12.7. The lowest BCUT2D eigenvalue weighted by molar-refractivity contribution is -0.143. The SMILES string of the molecule is CCC(CC)(C(=O)N(CCO)C1CCC1)C(N)=S. The van der Waals surface area contributed by atoms with Gasteiger partial charge >= 0.3 is 0 Å². The molecule has 0 aliphatic heterocycles. The van der Waals surface area contributed by atoms with Gasteiger partial charge in [0.25, 0.3) is 0 Å². The standard InChI is InChI=1S/C13H24N2O2S/c1-3-13(4-2,11(14)18)12(17)15(8-9-16)10-6-5-7-10/h10,16H,3-9H2,1-2H3,(H2,14,18). The third-order valence-corrected chi connectivity index (χ3v) is 4.60. The molecule has 1 aliphatic rings. The maximum Gasteiger partial charge on any atom is 0.235 e. The fraction of sp³-hybridized carbons (Fsp3) is 0.846. The Kier molecular flexibility index (Phi) is 5.53. The smallest absolute Gasteiger partial charge is 0.235 e. The molecule has 1 aliphatic carbocycles. The van der Waals surface area contributed by atoms with Gasteiger partial charge in [-0.25, -0.2) is 0 Å². The molecule has 0 aromatic rings. The first-order valence-corrected chi connectivity index (χ1v) is 7.16. The maximum atomic E-state index is 12.7. The molecule has 0 bridgehead atoms. The summed E-state index contributed by atoms with van der Waals surface area (Å²) in [6.07, 6.45) is 4.43. The molecule has 0 spiro atoms. The zero-order valence-corrected chi connectivity index (χ0v) is 12.1. The van der Waals surface area contributed by atoms with Crippen molar-refractivity contribution in [3.8, 4) is 0 Å². The predicted molar refractivity (Wildman–Crippen MR) is 76.2 cm³/mol. The van der Waals surface area contributed by atoms with E-state index in [-0.39, 0.29) is 23.5 Å². The third kappa shape index (κ3) is 2.67. The predicted octanol–water partition coefficient (Wildman–Crippen LogP) is 1.45. The van der Waals surface area contributed by atoms with Crippen LogP contribution in [-0.4, -0.2) is 40.1 Å². The lowest BCUT2D eigenvalue weighted by Gasteiger charge is -2.42. The minimum absolute atomic E-state index is 0.00116. The second-order valence-corrected chi connectivity index (χ2v) is 5.40. The van der Waals surface area contributed by atoms with Gasteiger partial charge in [-0.2, -0.15) is 0 Å². The van der Waals surface area contributed by atoms with Gasteiger partial charge in [-0.3, -0.25) is 4.79 Å². The van der Waals surface area contributed by atoms with E-state index in [0.717, 1.165) is 19.3 Å². The van der Waals surface area contributed by atoms with Crippen molar-refractivity contribution in [2.45, 2.75) is 52.0 Å². The van der Waals surface area contributed by atoms with Gasteiger partial charge in [-0.1, -0.05) is 26.1 Å². The van der Waals surface area contributed by atoms with Crippen molar-refractivity contribution in [2.24, 2.45) is 11.1 Å². The minimum atomic E-state index is -0.736. The van der Waals surface area contributed by atoms with E-state index in [0.29, 0.717) is 19.4 Å². The summed E-state index contributed by atoms with van der Waals surface area (Å²) in [4.78, 5) is 14.8. The molecule has 0 radical (unpaired) electrons. The number of hydrogen-bond acceptors (Lipinski definition) is 3. The molecule has 3 N–H and O–H groups in total. The number of rotatable bonds is 7. The second-order valence-electron chi connectivity index (χ2n) is 4.96. The molecule has 1 rings (SSSR count). The lowest BCUT2D eigenvalue weighted by Crippen LogP contribution is -2.55. The van der Waals surface area contributed by atoms with Crippen molar-refractivity contribution in [3.05, 3.63) is 0 Å². The molecule has 0 aromatic carbocycles. The largest absolute Gasteiger partial charge is 0.395 e. The Bertz CT molecular complexity index is 312. The molecule has 0 heterocycles. The van der Waals surface area contributed by atoms with Crippen molar-refractivity contribution >= 4 is 23.1 Å². The molecule has 5 heteroatoms. The Morgan fingerprint density at radius 2 is 2.00 bits per heavy atom. The normalized spacial score (nSPS) is 16.2. The van der Waals surface area contributed by atoms with Gasteiger partial charge in [0.05, 0.1) is 17.0 Å². The van der Waals surface area contributed by atoms with Crippen LogP contribution >= 0.6 is 12.2 Å². The van der Waals surface area contributed by atoms with Crippen LogP contribution in [0.15, 0.2) is 0 Å². The van der Waals surface area contributed by atoms with E-state index in [1.54, 1.807) is 4.90 Å². The van der Waals surface area contributed by atoms with Gasteiger partial charge in [-0.15, -0.1) is 0 Å². The molecule has 18 heavy (non-hydrogen) atoms. The van der Waals surface area contributed by atoms with E-state index in [1.165, 1.54) is 0 Å². The molecule has 0 unspecified atom stereocenters. The van der Waals surface area contributed by atoms with Crippen LogP contribution in [0.25, 0.3) is 0 Å². The van der Waals surface area contributed by atoms with Crippen LogP contribution in [0.5, 0.6) is 0 Å². The summed E-state index contributed by atoms with van der Waals surface area (Å²) < 4.78 is 0. The summed E-state index contributed by atoms with van der Waals surface area (Å²) in [6, 6.07) is 0.261. The van der Waals surface area contributed by atoms with E-state index < -0.39 is 5.41 Å². The summed E-state index contributed by atoms with van der Waals surface area (Å²) in [5.74, 6) is -0.00116. The van der Waals surface area contributed by atoms with Gasteiger partial charge in [0.15, 0.2) is 0 Å². The van der Waals surface area contributed by atoms with Crippen molar-refractivity contribution in [1.82, 2.24) is 4.90 Å². The minimum Gasteiger partial charge on any atom is -0.395 e. The monoisotopic (exact) mass is 272 g/mol. The van der Waals surface area contributed by atoms with Crippen molar-refractivity contribution in [3.63, 3.8) is 0 Å². The van der Waals surface area contributed by atoms with Crippen LogP contribution in [-0.2, 0) is 4.79 Å². The summed E-state index contributed by atoms with van der Waals surface area (Å²) >= 11 is 5.12. The van der Waals surface area contributed by atoms with Gasteiger partial charge in [0, 0.05) is 12.6 Å². The number of nitrogens with zero attached hydrogens (tertiary/aromatic N) is 1. The molecule has 4 nitrogen and oxygen atoms in total. The summed E-state index contributed by atoms with van der Waals surface area (Å²) in [5.41, 5.74) is 5.07. The number of aliphatic hydroxyl groups excluding tert-OH is 1. The molecule has 1 amide bonds. The summed E-state index contributed by atoms with van der Waals surface area (Å²) in [5, 5.41) is 9.15. The van der Waals surface area contributed by atoms with E-state index in [2.05, 4.69) is 0 Å². The van der Waals surface area contributed by atoms with Gasteiger partial charge in [0.2, 0.25) is 5.91 Å². The Balaban J connectivity index is 2.94. The Morgan fingerprint density at radius 3 is 2.28 bits per heavy atom. The number of amides is 1. The summed E-state index contributed by atoms with van der Waals surface area (Å²) in [7, 11) is 0. The van der Waals surface area contributed by atoms with Gasteiger partial charge in [-0.05, 0) is 32.1 Å². The van der Waals surface area contributed by atoms with Crippen LogP contribution in [0.1, 0.15) is 46.0 Å². The first kappa shape index (κ1) is 15.4. The zero-order valence-electron chi connectivity index (χ0n) is 11.3. The Labute approximate surface area is 115 Å². The highest BCUT2D eigenvalue weighted by atomic mass is 32.1. The van der Waals surface area contributed by atoms with Gasteiger partial charge < -0.3 is 15.7 Å². The molecule has 0 atom stereocenters. The quantitative estimate of drug-likeness (QED) is 0.688. The average molecular weight is 272 g/mol.